The van der Waals surface area contributed by atoms with Crippen LogP contribution in [0.15, 0.2) is 143 Å². The first-order chi connectivity index (χ1) is 38.5. The second kappa shape index (κ2) is 18.1. The molecule has 5 heterocycles. The van der Waals surface area contributed by atoms with Gasteiger partial charge in [-0.05, 0) is 156 Å². The SMILES string of the molecule is Cc1ccccc1-c1n(-c2c(C(C)C)cccc2C(C)C)c2c(-c3cc4c5c(c3)N3c6ccc(C(C)(C)C)cc6C(C)(C)c6cc(C(C)(C)C)cc(c63)B5c3cc(C(C)(C)C)cc5c3N4c3ccc(C(C)(C)C)cc3S5)cccc2[n+]1C. The predicted molar refractivity (Wildman–Crippen MR) is 353 cm³/mol. The highest BCUT2D eigenvalue weighted by molar-refractivity contribution is 7.99. The molecular formula is C76H84BN4S+. The average Bonchev–Trinajstić information content (AvgIpc) is 1.29. The van der Waals surface area contributed by atoms with Crippen LogP contribution in [0.4, 0.5) is 34.1 Å². The highest BCUT2D eigenvalue weighted by Gasteiger charge is 2.51. The Morgan fingerprint density at radius 1 is 0.488 bits per heavy atom. The summed E-state index contributed by atoms with van der Waals surface area (Å²) in [5, 5.41) is 0. The van der Waals surface area contributed by atoms with Crippen molar-refractivity contribution in [2.45, 2.75) is 180 Å². The van der Waals surface area contributed by atoms with Crippen LogP contribution >= 0.6 is 11.8 Å². The third-order valence-corrected chi connectivity index (χ3v) is 20.2. The minimum Gasteiger partial charge on any atom is -0.311 e. The molecule has 82 heavy (non-hydrogen) atoms. The number of rotatable bonds is 5. The smallest absolute Gasteiger partial charge is 0.295 e. The van der Waals surface area contributed by atoms with Crippen LogP contribution in [-0.4, -0.2) is 11.3 Å². The summed E-state index contributed by atoms with van der Waals surface area (Å²) in [5.74, 6) is 1.77. The monoisotopic (exact) mass is 1100 g/mol. The van der Waals surface area contributed by atoms with Crippen molar-refractivity contribution < 1.29 is 4.57 Å². The van der Waals surface area contributed by atoms with Crippen LogP contribution in [0.3, 0.4) is 0 Å². The molecule has 0 radical (unpaired) electrons. The predicted octanol–water partition coefficient (Wildman–Crippen LogP) is 18.7. The van der Waals surface area contributed by atoms with Gasteiger partial charge < -0.3 is 9.80 Å². The third kappa shape index (κ3) is 8.03. The highest BCUT2D eigenvalue weighted by atomic mass is 32.2. The van der Waals surface area contributed by atoms with Crippen LogP contribution in [0.2, 0.25) is 0 Å². The van der Waals surface area contributed by atoms with Crippen LogP contribution in [0.1, 0.15) is 187 Å². The van der Waals surface area contributed by atoms with Crippen LogP contribution in [-0.2, 0) is 34.1 Å². The summed E-state index contributed by atoms with van der Waals surface area (Å²) < 4.78 is 5.16. The largest absolute Gasteiger partial charge is 0.311 e. The van der Waals surface area contributed by atoms with Gasteiger partial charge in [0, 0.05) is 49.0 Å². The van der Waals surface area contributed by atoms with E-state index in [-0.39, 0.29) is 45.6 Å². The minimum atomic E-state index is -0.297. The lowest BCUT2D eigenvalue weighted by Crippen LogP contribution is -2.63. The molecule has 0 atom stereocenters. The van der Waals surface area contributed by atoms with Gasteiger partial charge in [0.05, 0.1) is 29.7 Å². The normalized spacial score (nSPS) is 15.0. The number of para-hydroxylation sites is 2. The van der Waals surface area contributed by atoms with E-state index in [2.05, 4.69) is 291 Å². The lowest BCUT2D eigenvalue weighted by molar-refractivity contribution is -0.633. The van der Waals surface area contributed by atoms with Gasteiger partial charge in [0.25, 0.3) is 12.5 Å². The topological polar surface area (TPSA) is 15.3 Å². The Hall–Kier alpha value is -6.76. The average molecular weight is 1100 g/mol. The van der Waals surface area contributed by atoms with E-state index < -0.39 is 0 Å². The second-order valence-electron chi connectivity index (χ2n) is 29.8. The first kappa shape index (κ1) is 54.5. The van der Waals surface area contributed by atoms with Crippen molar-refractivity contribution >= 4 is 80.0 Å². The molecule has 8 aromatic carbocycles. The van der Waals surface area contributed by atoms with Gasteiger partial charge in [0.1, 0.15) is 5.69 Å². The Kier molecular flexibility index (Phi) is 12.0. The van der Waals surface area contributed by atoms with Crippen molar-refractivity contribution in [3.05, 3.63) is 184 Å². The highest BCUT2D eigenvalue weighted by Crippen LogP contribution is 2.59. The van der Waals surface area contributed by atoms with E-state index >= 15 is 0 Å². The molecule has 0 bridgehead atoms. The van der Waals surface area contributed by atoms with E-state index in [1.807, 2.05) is 11.8 Å². The molecule has 0 fully saturated rings. The molecule has 0 aliphatic carbocycles. The molecule has 1 aromatic heterocycles. The van der Waals surface area contributed by atoms with Crippen LogP contribution in [0.5, 0.6) is 0 Å². The zero-order valence-electron chi connectivity index (χ0n) is 52.6. The summed E-state index contributed by atoms with van der Waals surface area (Å²) in [6.45, 7) is 45.2. The molecular weight excluding hydrogens is 1010 g/mol. The number of anilines is 6. The van der Waals surface area contributed by atoms with Crippen molar-refractivity contribution in [1.29, 1.82) is 0 Å². The summed E-state index contributed by atoms with van der Waals surface area (Å²) in [7, 11) is 2.29. The molecule has 4 nitrogen and oxygen atoms in total. The van der Waals surface area contributed by atoms with Crippen LogP contribution in [0.25, 0.3) is 39.2 Å². The van der Waals surface area contributed by atoms with Crippen LogP contribution < -0.4 is 30.8 Å². The molecule has 0 saturated carbocycles. The Balaban J connectivity index is 1.23. The van der Waals surface area contributed by atoms with E-state index in [1.54, 1.807) is 0 Å². The zero-order chi connectivity index (χ0) is 58.4. The van der Waals surface area contributed by atoms with Crippen molar-refractivity contribution in [3.63, 3.8) is 0 Å². The molecule has 0 N–H and O–H groups in total. The van der Waals surface area contributed by atoms with Gasteiger partial charge in [-0.2, -0.15) is 4.57 Å². The zero-order valence-corrected chi connectivity index (χ0v) is 53.4. The van der Waals surface area contributed by atoms with E-state index in [0.29, 0.717) is 0 Å². The first-order valence-electron chi connectivity index (χ1n) is 30.3. The lowest BCUT2D eigenvalue weighted by Gasteiger charge is -2.51. The van der Waals surface area contributed by atoms with Crippen molar-refractivity contribution in [2.24, 2.45) is 7.05 Å². The van der Waals surface area contributed by atoms with Crippen molar-refractivity contribution in [2.75, 3.05) is 9.80 Å². The molecule has 6 heteroatoms. The van der Waals surface area contributed by atoms with Gasteiger partial charge in [-0.15, -0.1) is 0 Å². The molecule has 0 amide bonds. The Labute approximate surface area is 495 Å². The first-order valence-corrected chi connectivity index (χ1v) is 31.1. The van der Waals surface area contributed by atoms with Gasteiger partial charge in [0.2, 0.25) is 0 Å². The molecule has 0 unspecified atom stereocenters. The van der Waals surface area contributed by atoms with Gasteiger partial charge in [-0.25, -0.2) is 4.57 Å². The summed E-state index contributed by atoms with van der Waals surface area (Å²) in [6, 6.07) is 53.6. The Morgan fingerprint density at radius 3 is 1.60 bits per heavy atom. The Morgan fingerprint density at radius 2 is 1.00 bits per heavy atom. The van der Waals surface area contributed by atoms with E-state index in [0.717, 1.165) is 0 Å². The molecule has 416 valence electrons. The fraction of sp³-hybridized carbons (Fsp3) is 0.355. The molecule has 9 aromatic rings. The van der Waals surface area contributed by atoms with Gasteiger partial charge in [-0.3, -0.25) is 0 Å². The van der Waals surface area contributed by atoms with Gasteiger partial charge in [-0.1, -0.05) is 215 Å². The van der Waals surface area contributed by atoms with Crippen LogP contribution in [0, 0.1) is 6.92 Å². The fourth-order valence-corrected chi connectivity index (χ4v) is 15.4. The number of nitrogens with zero attached hydrogens (tertiary/aromatic N) is 4. The molecule has 13 rings (SSSR count). The van der Waals surface area contributed by atoms with E-state index in [1.165, 1.54) is 150 Å². The maximum Gasteiger partial charge on any atom is 0.295 e. The third-order valence-electron chi connectivity index (χ3n) is 19.1. The fourth-order valence-electron chi connectivity index (χ4n) is 14.3. The second-order valence-corrected chi connectivity index (χ2v) is 30.9. The number of hydrogen-bond donors (Lipinski definition) is 0. The summed E-state index contributed by atoms with van der Waals surface area (Å²) >= 11 is 1.98. The maximum atomic E-state index is 2.74. The standard InChI is InChI=1S/C76H84BN4S/c1-43(2)51-27-23-28-52(44(3)4)67(51)81-68-54(29-24-30-61(68)78(20)71(81)53-26-22-21-25-45(53)5)46-35-62-66-63(36-46)80-60-34-32-48(73(9,10)11)41-64(60)82-65-42-50(75(15,16)17)40-58(70(65)80)77(66)57-39-49(74(12,13)14)38-56-69(57)79(62)59-33-31-47(72(6,7)8)37-55(59)76(56,18)19/h21-44H,1-20H3/q+1. The van der Waals surface area contributed by atoms with E-state index in [4.69, 9.17) is 0 Å². The number of aryl methyl sites for hydroxylation is 2. The van der Waals surface area contributed by atoms with Crippen molar-refractivity contribution in [3.8, 4) is 28.2 Å². The maximum absolute atomic E-state index is 2.74. The molecule has 0 spiro atoms. The summed E-state index contributed by atoms with van der Waals surface area (Å²) in [6.07, 6.45) is 0. The quantitative estimate of drug-likeness (QED) is 0.126. The van der Waals surface area contributed by atoms with Gasteiger partial charge >= 0.3 is 0 Å². The number of imidazole rings is 1. The van der Waals surface area contributed by atoms with E-state index in [9.17, 15) is 0 Å². The minimum absolute atomic E-state index is 0.0146. The molecule has 4 aliphatic rings. The molecule has 4 aliphatic heterocycles. The van der Waals surface area contributed by atoms with Gasteiger partial charge in [0.15, 0.2) is 11.0 Å². The number of aromatic nitrogens is 2. The van der Waals surface area contributed by atoms with Crippen molar-refractivity contribution in [1.82, 2.24) is 4.57 Å². The number of fused-ring (bicyclic) bond motifs is 9. The number of benzene rings is 8. The Bertz CT molecular complexity index is 4170. The summed E-state index contributed by atoms with van der Waals surface area (Å²) in [4.78, 5) is 8.10. The molecule has 0 saturated heterocycles. The number of hydrogen-bond acceptors (Lipinski definition) is 3. The lowest BCUT2D eigenvalue weighted by atomic mass is 9.32. The summed E-state index contributed by atoms with van der Waals surface area (Å²) in [5.41, 5.74) is 31.0.